The molecule has 1 aromatic heterocycles. The molecule has 0 bridgehead atoms. The van der Waals surface area contributed by atoms with E-state index in [2.05, 4.69) is 20.4 Å². The first-order valence-electron chi connectivity index (χ1n) is 11.2. The van der Waals surface area contributed by atoms with E-state index in [9.17, 15) is 14.7 Å². The van der Waals surface area contributed by atoms with Gasteiger partial charge in [-0.1, -0.05) is 50.8 Å². The highest BCUT2D eigenvalue weighted by Crippen LogP contribution is 2.40. The van der Waals surface area contributed by atoms with E-state index in [1.54, 1.807) is 42.5 Å². The second-order valence-electron chi connectivity index (χ2n) is 8.45. The molecule has 0 spiro atoms. The maximum atomic E-state index is 13.2. The lowest BCUT2D eigenvalue weighted by Gasteiger charge is -2.25. The SMILES string of the molecule is C=CCOc1ccc(C(O)=C2C(=O)C(=O)N(Cc3ccco3)[C@H]2c2ccc(C(C)C)cc2)cc1. The molecule has 1 aliphatic rings. The minimum Gasteiger partial charge on any atom is -0.507 e. The number of ketones is 1. The van der Waals surface area contributed by atoms with Crippen molar-refractivity contribution in [3.63, 3.8) is 0 Å². The van der Waals surface area contributed by atoms with Crippen molar-refractivity contribution in [3.8, 4) is 5.75 Å². The molecule has 3 aromatic rings. The van der Waals surface area contributed by atoms with Gasteiger partial charge in [-0.3, -0.25) is 9.59 Å². The molecule has 1 fully saturated rings. The summed E-state index contributed by atoms with van der Waals surface area (Å²) in [5, 5.41) is 11.2. The average molecular weight is 458 g/mol. The molecular formula is C28H27NO5. The van der Waals surface area contributed by atoms with Gasteiger partial charge in [0.15, 0.2) is 0 Å². The lowest BCUT2D eigenvalue weighted by atomic mass is 9.93. The van der Waals surface area contributed by atoms with Gasteiger partial charge < -0.3 is 19.2 Å². The lowest BCUT2D eigenvalue weighted by Crippen LogP contribution is -2.29. The van der Waals surface area contributed by atoms with Crippen molar-refractivity contribution >= 4 is 17.4 Å². The van der Waals surface area contributed by atoms with Crippen LogP contribution in [-0.2, 0) is 16.1 Å². The zero-order chi connectivity index (χ0) is 24.2. The molecule has 0 radical (unpaired) electrons. The van der Waals surface area contributed by atoms with E-state index in [0.29, 0.717) is 29.6 Å². The Morgan fingerprint density at radius 3 is 2.41 bits per heavy atom. The number of likely N-dealkylation sites (tertiary alicyclic amines) is 1. The molecule has 0 unspecified atom stereocenters. The number of carbonyl (C=O) groups excluding carboxylic acids is 2. The number of aliphatic hydroxyl groups is 1. The minimum atomic E-state index is -0.747. The summed E-state index contributed by atoms with van der Waals surface area (Å²) in [7, 11) is 0. The topological polar surface area (TPSA) is 80.0 Å². The molecule has 6 nitrogen and oxygen atoms in total. The number of benzene rings is 2. The monoisotopic (exact) mass is 457 g/mol. The quantitative estimate of drug-likeness (QED) is 0.206. The second-order valence-corrected chi connectivity index (χ2v) is 8.45. The number of ether oxygens (including phenoxy) is 1. The van der Waals surface area contributed by atoms with Gasteiger partial charge in [-0.25, -0.2) is 0 Å². The van der Waals surface area contributed by atoms with Crippen molar-refractivity contribution in [3.05, 3.63) is 108 Å². The van der Waals surface area contributed by atoms with E-state index in [1.807, 2.05) is 24.3 Å². The Kier molecular flexibility index (Phi) is 6.68. The average Bonchev–Trinajstić information content (AvgIpc) is 3.45. The number of carbonyl (C=O) groups is 2. The third kappa shape index (κ3) is 4.53. The van der Waals surface area contributed by atoms with Gasteiger partial charge in [0.2, 0.25) is 0 Å². The maximum absolute atomic E-state index is 13.2. The van der Waals surface area contributed by atoms with Crippen LogP contribution in [0.3, 0.4) is 0 Å². The fourth-order valence-corrected chi connectivity index (χ4v) is 4.04. The molecule has 1 amide bonds. The van der Waals surface area contributed by atoms with Crippen molar-refractivity contribution in [2.24, 2.45) is 0 Å². The van der Waals surface area contributed by atoms with Gasteiger partial charge in [-0.2, -0.15) is 0 Å². The summed E-state index contributed by atoms with van der Waals surface area (Å²) in [6.45, 7) is 8.28. The Balaban J connectivity index is 1.78. The Morgan fingerprint density at radius 1 is 1.12 bits per heavy atom. The van der Waals surface area contributed by atoms with Gasteiger partial charge in [-0.15, -0.1) is 0 Å². The van der Waals surface area contributed by atoms with E-state index in [0.717, 1.165) is 11.1 Å². The fourth-order valence-electron chi connectivity index (χ4n) is 4.04. The molecule has 0 saturated carbocycles. The van der Waals surface area contributed by atoms with E-state index < -0.39 is 17.7 Å². The first-order valence-corrected chi connectivity index (χ1v) is 11.2. The molecule has 1 atom stereocenters. The van der Waals surface area contributed by atoms with Crippen molar-refractivity contribution in [1.29, 1.82) is 0 Å². The van der Waals surface area contributed by atoms with E-state index in [4.69, 9.17) is 9.15 Å². The predicted octanol–water partition coefficient (Wildman–Crippen LogP) is 5.59. The smallest absolute Gasteiger partial charge is 0.296 e. The van der Waals surface area contributed by atoms with Gasteiger partial charge in [0.1, 0.15) is 23.9 Å². The molecule has 174 valence electrons. The molecule has 2 heterocycles. The highest BCUT2D eigenvalue weighted by atomic mass is 16.5. The number of Topliss-reactive ketones (excluding diaryl/α,β-unsaturated/α-hetero) is 1. The fraction of sp³-hybridized carbons (Fsp3) is 0.214. The Hall–Kier alpha value is -4.06. The molecule has 2 aromatic carbocycles. The van der Waals surface area contributed by atoms with Crippen LogP contribution in [-0.4, -0.2) is 28.3 Å². The molecule has 1 aliphatic heterocycles. The van der Waals surface area contributed by atoms with Crippen LogP contribution in [0.4, 0.5) is 0 Å². The van der Waals surface area contributed by atoms with E-state index >= 15 is 0 Å². The van der Waals surface area contributed by atoms with E-state index in [-0.39, 0.29) is 17.9 Å². The van der Waals surface area contributed by atoms with Gasteiger partial charge in [0, 0.05) is 5.56 Å². The third-order valence-corrected chi connectivity index (χ3v) is 5.86. The number of rotatable bonds is 8. The summed E-state index contributed by atoms with van der Waals surface area (Å²) in [4.78, 5) is 27.7. The van der Waals surface area contributed by atoms with E-state index in [1.165, 1.54) is 11.2 Å². The zero-order valence-electron chi connectivity index (χ0n) is 19.2. The standard InChI is InChI=1S/C28H27NO5/c1-4-15-33-22-13-11-21(12-14-22)26(30)24-25(20-9-7-19(8-10-20)18(2)3)29(28(32)27(24)31)17-23-6-5-16-34-23/h4-14,16,18,25,30H,1,15,17H2,2-3H3/t25-/m0/s1. The van der Waals surface area contributed by atoms with Gasteiger partial charge in [0.05, 0.1) is 24.4 Å². The third-order valence-electron chi connectivity index (χ3n) is 5.86. The van der Waals surface area contributed by atoms with Crippen molar-refractivity contribution < 1.29 is 23.8 Å². The summed E-state index contributed by atoms with van der Waals surface area (Å²) in [6.07, 6.45) is 3.16. The number of furan rings is 1. The van der Waals surface area contributed by atoms with Crippen LogP contribution in [0.5, 0.6) is 5.75 Å². The van der Waals surface area contributed by atoms with Crippen LogP contribution >= 0.6 is 0 Å². The number of hydrogen-bond acceptors (Lipinski definition) is 5. The summed E-state index contributed by atoms with van der Waals surface area (Å²) >= 11 is 0. The number of hydrogen-bond donors (Lipinski definition) is 1. The summed E-state index contributed by atoms with van der Waals surface area (Å²) in [6, 6.07) is 17.2. The second kappa shape index (κ2) is 9.83. The molecule has 1 saturated heterocycles. The number of aliphatic hydroxyl groups excluding tert-OH is 1. The number of nitrogens with zero attached hydrogens (tertiary/aromatic N) is 1. The molecular weight excluding hydrogens is 430 g/mol. The van der Waals surface area contributed by atoms with Crippen LogP contribution < -0.4 is 4.74 Å². The number of amides is 1. The van der Waals surface area contributed by atoms with Crippen molar-refractivity contribution in [2.75, 3.05) is 6.61 Å². The minimum absolute atomic E-state index is 0.0496. The van der Waals surface area contributed by atoms with Gasteiger partial charge in [-0.05, 0) is 53.4 Å². The first-order chi connectivity index (χ1) is 16.4. The molecule has 1 N–H and O–H groups in total. The Labute approximate surface area is 198 Å². The van der Waals surface area contributed by atoms with Crippen LogP contribution in [0.15, 0.2) is 89.6 Å². The summed E-state index contributed by atoms with van der Waals surface area (Å²) in [5.74, 6) is -0.139. The van der Waals surface area contributed by atoms with Crippen molar-refractivity contribution in [1.82, 2.24) is 4.90 Å². The Bertz CT molecular complexity index is 1200. The molecule has 6 heteroatoms. The van der Waals surface area contributed by atoms with Crippen LogP contribution in [0.25, 0.3) is 5.76 Å². The van der Waals surface area contributed by atoms with Crippen LogP contribution in [0.1, 0.15) is 48.3 Å². The lowest BCUT2D eigenvalue weighted by molar-refractivity contribution is -0.140. The molecule has 34 heavy (non-hydrogen) atoms. The summed E-state index contributed by atoms with van der Waals surface area (Å²) in [5.41, 5.74) is 2.35. The maximum Gasteiger partial charge on any atom is 0.296 e. The van der Waals surface area contributed by atoms with Gasteiger partial charge >= 0.3 is 0 Å². The van der Waals surface area contributed by atoms with Crippen molar-refractivity contribution in [2.45, 2.75) is 32.4 Å². The molecule has 4 rings (SSSR count). The Morgan fingerprint density at radius 2 is 1.82 bits per heavy atom. The highest BCUT2D eigenvalue weighted by Gasteiger charge is 2.46. The van der Waals surface area contributed by atoms with Crippen LogP contribution in [0.2, 0.25) is 0 Å². The molecule has 0 aliphatic carbocycles. The van der Waals surface area contributed by atoms with Crippen LogP contribution in [0, 0.1) is 0 Å². The largest absolute Gasteiger partial charge is 0.507 e. The normalized spacial score (nSPS) is 17.4. The highest BCUT2D eigenvalue weighted by molar-refractivity contribution is 6.46. The first kappa shape index (κ1) is 23.1. The predicted molar refractivity (Wildman–Crippen MR) is 129 cm³/mol. The summed E-state index contributed by atoms with van der Waals surface area (Å²) < 4.78 is 10.9. The zero-order valence-corrected chi connectivity index (χ0v) is 19.2. The van der Waals surface area contributed by atoms with Gasteiger partial charge in [0.25, 0.3) is 11.7 Å².